The number of thiocarbonyl (C=S) groups is 1. The van der Waals surface area contributed by atoms with Gasteiger partial charge in [-0.15, -0.1) is 6.58 Å². The van der Waals surface area contributed by atoms with E-state index in [2.05, 4.69) is 27.2 Å². The van der Waals surface area contributed by atoms with Gasteiger partial charge in [-0.05, 0) is 56.4 Å². The number of rotatable bonds is 5. The van der Waals surface area contributed by atoms with Gasteiger partial charge >= 0.3 is 6.01 Å². The van der Waals surface area contributed by atoms with Crippen molar-refractivity contribution in [3.63, 3.8) is 0 Å². The second-order valence-corrected chi connectivity index (χ2v) is 5.09. The Morgan fingerprint density at radius 2 is 1.86 bits per heavy atom. The summed E-state index contributed by atoms with van der Waals surface area (Å²) in [5.74, 6) is 0.667. The van der Waals surface area contributed by atoms with E-state index in [1.165, 1.54) is 0 Å². The van der Waals surface area contributed by atoms with Crippen LogP contribution in [0, 0.1) is 13.8 Å². The maximum atomic E-state index is 5.65. The Hall–Kier alpha value is -2.47. The van der Waals surface area contributed by atoms with Crippen LogP contribution in [0.15, 0.2) is 43.0 Å². The molecule has 0 atom stereocenters. The molecule has 1 aromatic heterocycles. The van der Waals surface area contributed by atoms with Gasteiger partial charge < -0.3 is 15.4 Å². The third kappa shape index (κ3) is 4.82. The zero-order valence-corrected chi connectivity index (χ0v) is 13.4. The van der Waals surface area contributed by atoms with Crippen LogP contribution < -0.4 is 15.4 Å². The Balaban J connectivity index is 1.99. The Bertz CT molecular complexity index is 650. The first-order chi connectivity index (χ1) is 10.6. The minimum absolute atomic E-state index is 0.348. The van der Waals surface area contributed by atoms with Gasteiger partial charge in [0.2, 0.25) is 0 Å². The fraction of sp³-hybridized carbons (Fsp3) is 0.188. The van der Waals surface area contributed by atoms with E-state index in [9.17, 15) is 0 Å². The first kappa shape index (κ1) is 15.9. The average molecular weight is 314 g/mol. The van der Waals surface area contributed by atoms with Crippen molar-refractivity contribution in [3.05, 3.63) is 54.4 Å². The normalized spacial score (nSPS) is 9.91. The highest BCUT2D eigenvalue weighted by molar-refractivity contribution is 7.80. The van der Waals surface area contributed by atoms with E-state index in [0.717, 1.165) is 17.1 Å². The van der Waals surface area contributed by atoms with Crippen LogP contribution in [0.25, 0.3) is 0 Å². The highest BCUT2D eigenvalue weighted by Gasteiger charge is 2.03. The smallest absolute Gasteiger partial charge is 0.322 e. The summed E-state index contributed by atoms with van der Waals surface area (Å²) in [4.78, 5) is 8.49. The third-order valence-electron chi connectivity index (χ3n) is 2.69. The van der Waals surface area contributed by atoms with Crippen molar-refractivity contribution in [1.29, 1.82) is 0 Å². The van der Waals surface area contributed by atoms with E-state index in [-0.39, 0.29) is 0 Å². The first-order valence-electron chi connectivity index (χ1n) is 6.83. The van der Waals surface area contributed by atoms with Crippen LogP contribution in [0.1, 0.15) is 11.4 Å². The molecule has 5 nitrogen and oxygen atoms in total. The molecule has 1 aromatic carbocycles. The molecule has 0 aliphatic heterocycles. The van der Waals surface area contributed by atoms with E-state index in [0.29, 0.717) is 23.4 Å². The molecule has 2 aromatic rings. The Labute approximate surface area is 135 Å². The molecule has 1 heterocycles. The van der Waals surface area contributed by atoms with Crippen molar-refractivity contribution in [2.24, 2.45) is 0 Å². The monoisotopic (exact) mass is 314 g/mol. The fourth-order valence-corrected chi connectivity index (χ4v) is 1.99. The molecule has 0 unspecified atom stereocenters. The summed E-state index contributed by atoms with van der Waals surface area (Å²) in [5, 5.41) is 6.62. The number of hydrogen-bond acceptors (Lipinski definition) is 4. The lowest BCUT2D eigenvalue weighted by atomic mass is 10.3. The number of aryl methyl sites for hydroxylation is 2. The van der Waals surface area contributed by atoms with Crippen molar-refractivity contribution < 1.29 is 4.74 Å². The highest BCUT2D eigenvalue weighted by Crippen LogP contribution is 2.20. The maximum Gasteiger partial charge on any atom is 0.322 e. The number of hydrogen-bond donors (Lipinski definition) is 2. The SMILES string of the molecule is C=CCNC(=S)Nc1ccc(Oc2nc(C)cc(C)n2)cc1. The molecule has 6 heteroatoms. The van der Waals surface area contributed by atoms with Gasteiger partial charge in [0, 0.05) is 23.6 Å². The van der Waals surface area contributed by atoms with Crippen LogP contribution in [-0.2, 0) is 0 Å². The summed E-state index contributed by atoms with van der Waals surface area (Å²) in [7, 11) is 0. The van der Waals surface area contributed by atoms with Crippen molar-refractivity contribution in [2.75, 3.05) is 11.9 Å². The lowest BCUT2D eigenvalue weighted by Gasteiger charge is -2.10. The number of nitrogens with one attached hydrogen (secondary N) is 2. The van der Waals surface area contributed by atoms with Crippen LogP contribution in [0.3, 0.4) is 0 Å². The topological polar surface area (TPSA) is 59.1 Å². The van der Waals surface area contributed by atoms with E-state index in [1.807, 2.05) is 44.2 Å². The van der Waals surface area contributed by atoms with Crippen molar-refractivity contribution in [2.45, 2.75) is 13.8 Å². The quantitative estimate of drug-likeness (QED) is 0.652. The van der Waals surface area contributed by atoms with Gasteiger partial charge in [-0.1, -0.05) is 6.08 Å². The largest absolute Gasteiger partial charge is 0.424 e. The zero-order chi connectivity index (χ0) is 15.9. The highest BCUT2D eigenvalue weighted by atomic mass is 32.1. The number of aromatic nitrogens is 2. The second kappa shape index (κ2) is 7.51. The molecular formula is C16H18N4OS. The van der Waals surface area contributed by atoms with Crippen molar-refractivity contribution in [1.82, 2.24) is 15.3 Å². The van der Waals surface area contributed by atoms with Crippen LogP contribution in [0.2, 0.25) is 0 Å². The Morgan fingerprint density at radius 1 is 1.23 bits per heavy atom. The van der Waals surface area contributed by atoms with E-state index >= 15 is 0 Å². The second-order valence-electron chi connectivity index (χ2n) is 4.68. The summed E-state index contributed by atoms with van der Waals surface area (Å²) in [6.45, 7) is 8.06. The molecule has 2 N–H and O–H groups in total. The molecule has 22 heavy (non-hydrogen) atoms. The van der Waals surface area contributed by atoms with Crippen molar-refractivity contribution in [3.8, 4) is 11.8 Å². The number of benzene rings is 1. The molecule has 0 saturated heterocycles. The van der Waals surface area contributed by atoms with Crippen LogP contribution in [-0.4, -0.2) is 21.6 Å². The summed E-state index contributed by atoms with van der Waals surface area (Å²) in [6.07, 6.45) is 1.74. The minimum Gasteiger partial charge on any atom is -0.424 e. The van der Waals surface area contributed by atoms with Crippen LogP contribution in [0.4, 0.5) is 5.69 Å². The average Bonchev–Trinajstić information content (AvgIpc) is 2.46. The van der Waals surface area contributed by atoms with Gasteiger partial charge in [0.05, 0.1) is 0 Å². The van der Waals surface area contributed by atoms with Gasteiger partial charge in [0.1, 0.15) is 5.75 Å². The molecule has 0 spiro atoms. The summed E-state index contributed by atoms with van der Waals surface area (Å²) >= 11 is 5.15. The summed E-state index contributed by atoms with van der Waals surface area (Å²) in [5.41, 5.74) is 2.62. The molecule has 0 fully saturated rings. The van der Waals surface area contributed by atoms with Crippen LogP contribution in [0.5, 0.6) is 11.8 Å². The molecule has 0 amide bonds. The van der Waals surface area contributed by atoms with Gasteiger partial charge in [0.25, 0.3) is 0 Å². The molecule has 0 bridgehead atoms. The Morgan fingerprint density at radius 3 is 2.45 bits per heavy atom. The predicted octanol–water partition coefficient (Wildman–Crippen LogP) is 3.36. The molecular weight excluding hydrogens is 296 g/mol. The van der Waals surface area contributed by atoms with Gasteiger partial charge in [0.15, 0.2) is 5.11 Å². The van der Waals surface area contributed by atoms with Gasteiger partial charge in [-0.25, -0.2) is 9.97 Å². The van der Waals surface area contributed by atoms with Crippen LogP contribution >= 0.6 is 12.2 Å². The number of nitrogens with zero attached hydrogens (tertiary/aromatic N) is 2. The molecule has 0 aliphatic carbocycles. The van der Waals surface area contributed by atoms with Gasteiger partial charge in [-0.3, -0.25) is 0 Å². The lowest BCUT2D eigenvalue weighted by Crippen LogP contribution is -2.28. The number of anilines is 1. The van der Waals surface area contributed by atoms with E-state index in [1.54, 1.807) is 6.08 Å². The lowest BCUT2D eigenvalue weighted by molar-refractivity contribution is 0.439. The predicted molar refractivity (Wildman–Crippen MR) is 92.4 cm³/mol. The molecule has 0 aliphatic rings. The molecule has 2 rings (SSSR count). The minimum atomic E-state index is 0.348. The molecule has 114 valence electrons. The summed E-state index contributed by atoms with van der Waals surface area (Å²) < 4.78 is 5.65. The first-order valence-corrected chi connectivity index (χ1v) is 7.23. The number of ether oxygens (including phenoxy) is 1. The third-order valence-corrected chi connectivity index (χ3v) is 2.94. The van der Waals surface area contributed by atoms with E-state index < -0.39 is 0 Å². The maximum absolute atomic E-state index is 5.65. The fourth-order valence-electron chi connectivity index (χ4n) is 1.79. The standard InChI is InChI=1S/C16H18N4OS/c1-4-9-17-16(22)20-13-5-7-14(8-6-13)21-15-18-11(2)10-12(3)19-15/h4-8,10H,1,9H2,2-3H3,(H2,17,20,22). The van der Waals surface area contributed by atoms with E-state index in [4.69, 9.17) is 17.0 Å². The Kier molecular flexibility index (Phi) is 5.43. The van der Waals surface area contributed by atoms with Gasteiger partial charge in [-0.2, -0.15) is 0 Å². The zero-order valence-electron chi connectivity index (χ0n) is 12.6. The molecule has 0 radical (unpaired) electrons. The summed E-state index contributed by atoms with van der Waals surface area (Å²) in [6, 6.07) is 9.66. The molecule has 0 saturated carbocycles. The van der Waals surface area contributed by atoms with Crippen molar-refractivity contribution >= 4 is 23.0 Å².